The van der Waals surface area contributed by atoms with Gasteiger partial charge in [0.25, 0.3) is 0 Å². The summed E-state index contributed by atoms with van der Waals surface area (Å²) in [6, 6.07) is 0. The lowest BCUT2D eigenvalue weighted by Crippen LogP contribution is -2.07. The normalized spacial score (nSPS) is 10.9. The molecule has 0 rings (SSSR count). The van der Waals surface area contributed by atoms with Crippen LogP contribution in [0, 0.1) is 12.3 Å². The van der Waals surface area contributed by atoms with E-state index in [2.05, 4.69) is 15.4 Å². The van der Waals surface area contributed by atoms with Crippen LogP contribution in [0.4, 0.5) is 3.89 Å². The summed E-state index contributed by atoms with van der Waals surface area (Å²) >= 11 is 0. The molecule has 0 spiro atoms. The number of ether oxygens (including phenoxy) is 2. The monoisotopic (exact) mass is 182 g/mol. The lowest BCUT2D eigenvalue weighted by atomic mass is 10.8. The first-order valence-electron chi connectivity index (χ1n) is 2.57. The minimum absolute atomic E-state index is 0.00628. The van der Waals surface area contributed by atoms with Crippen LogP contribution in [-0.4, -0.2) is 27.8 Å². The van der Waals surface area contributed by atoms with E-state index < -0.39 is 16.2 Å². The summed E-state index contributed by atoms with van der Waals surface area (Å²) in [6.45, 7) is -0.320. The van der Waals surface area contributed by atoms with Gasteiger partial charge in [-0.15, -0.1) is 10.3 Å². The van der Waals surface area contributed by atoms with Gasteiger partial charge in [0.05, 0.1) is 0 Å². The van der Waals surface area contributed by atoms with Crippen molar-refractivity contribution in [1.82, 2.24) is 0 Å². The number of hydrogen-bond acceptors (Lipinski definition) is 4. The van der Waals surface area contributed by atoms with E-state index in [-0.39, 0.29) is 13.4 Å². The highest BCUT2D eigenvalue weighted by Crippen LogP contribution is 1.90. The van der Waals surface area contributed by atoms with Crippen molar-refractivity contribution in [2.75, 3.05) is 19.3 Å². The number of terminal acetylenes is 1. The van der Waals surface area contributed by atoms with Gasteiger partial charge >= 0.3 is 10.2 Å². The van der Waals surface area contributed by atoms with Crippen molar-refractivity contribution in [3.8, 4) is 12.3 Å². The molecule has 0 aliphatic rings. The molecule has 0 radical (unpaired) electrons. The van der Waals surface area contributed by atoms with Crippen LogP contribution in [0.1, 0.15) is 0 Å². The molecule has 0 heterocycles. The highest BCUT2D eigenvalue weighted by Gasteiger charge is 2.05. The molecule has 0 aromatic heterocycles. The molecule has 0 aliphatic carbocycles. The van der Waals surface area contributed by atoms with E-state index >= 15 is 0 Å². The molecule has 0 saturated heterocycles. The standard InChI is InChI=1S/C5H7FO4S/c1-2-3-9-4-10-5-11(6,7)8/h1H,3-5H2. The fourth-order valence-electron chi connectivity index (χ4n) is 0.293. The lowest BCUT2D eigenvalue weighted by molar-refractivity contribution is -0.0256. The molecule has 0 fully saturated rings. The Balaban J connectivity index is 3.24. The first-order chi connectivity index (χ1) is 5.06. The average Bonchev–Trinajstić information content (AvgIpc) is 1.85. The van der Waals surface area contributed by atoms with E-state index in [4.69, 9.17) is 6.42 Å². The van der Waals surface area contributed by atoms with Gasteiger partial charge in [0, 0.05) is 0 Å². The first kappa shape index (κ1) is 10.4. The van der Waals surface area contributed by atoms with Gasteiger partial charge < -0.3 is 9.47 Å². The van der Waals surface area contributed by atoms with Crippen LogP contribution in [0.2, 0.25) is 0 Å². The molecule has 0 aliphatic heterocycles. The quantitative estimate of drug-likeness (QED) is 0.257. The highest BCUT2D eigenvalue weighted by molar-refractivity contribution is 7.86. The molecule has 0 amide bonds. The molecule has 4 nitrogen and oxygen atoms in total. The highest BCUT2D eigenvalue weighted by atomic mass is 32.3. The number of rotatable bonds is 5. The Bertz CT molecular complexity index is 227. The molecule has 11 heavy (non-hydrogen) atoms. The molecule has 0 bridgehead atoms. The fraction of sp³-hybridized carbons (Fsp3) is 0.600. The van der Waals surface area contributed by atoms with E-state index in [1.54, 1.807) is 0 Å². The summed E-state index contributed by atoms with van der Waals surface area (Å²) in [5.41, 5.74) is 0. The van der Waals surface area contributed by atoms with E-state index in [0.29, 0.717) is 0 Å². The van der Waals surface area contributed by atoms with E-state index in [1.807, 2.05) is 0 Å². The Hall–Kier alpha value is -0.640. The largest absolute Gasteiger partial charge is 0.343 e. The van der Waals surface area contributed by atoms with Crippen LogP contribution >= 0.6 is 0 Å². The van der Waals surface area contributed by atoms with Crippen LogP contribution in [0.3, 0.4) is 0 Å². The topological polar surface area (TPSA) is 52.6 Å². The lowest BCUT2D eigenvalue weighted by Gasteiger charge is -1.98. The Kier molecular flexibility index (Phi) is 4.77. The Morgan fingerprint density at radius 3 is 2.55 bits per heavy atom. The predicted molar refractivity (Wildman–Crippen MR) is 35.6 cm³/mol. The van der Waals surface area contributed by atoms with Crippen LogP contribution in [0.5, 0.6) is 0 Å². The van der Waals surface area contributed by atoms with Gasteiger partial charge in [0.1, 0.15) is 13.4 Å². The smallest absolute Gasteiger partial charge is 0.326 e. The maximum Gasteiger partial charge on any atom is 0.326 e. The zero-order valence-electron chi connectivity index (χ0n) is 5.62. The number of hydrogen-bond donors (Lipinski definition) is 0. The third-order valence-electron chi connectivity index (χ3n) is 0.576. The second-order valence-corrected chi connectivity index (χ2v) is 2.84. The van der Waals surface area contributed by atoms with Crippen molar-refractivity contribution in [1.29, 1.82) is 0 Å². The molecule has 0 aromatic rings. The average molecular weight is 182 g/mol. The van der Waals surface area contributed by atoms with Gasteiger partial charge in [-0.3, -0.25) is 0 Å². The van der Waals surface area contributed by atoms with Crippen molar-refractivity contribution in [3.05, 3.63) is 0 Å². The Morgan fingerprint density at radius 1 is 1.45 bits per heavy atom. The third-order valence-corrected chi connectivity index (χ3v) is 1.02. The summed E-state index contributed by atoms with van der Waals surface area (Å²) < 4.78 is 39.9. The molecule has 0 unspecified atom stereocenters. The Morgan fingerprint density at radius 2 is 2.09 bits per heavy atom. The molecular weight excluding hydrogens is 175 g/mol. The molecule has 0 aromatic carbocycles. The molecule has 0 N–H and O–H groups in total. The second kappa shape index (κ2) is 5.07. The summed E-state index contributed by atoms with van der Waals surface area (Å²) in [5, 5.41) is 0. The van der Waals surface area contributed by atoms with E-state index in [1.165, 1.54) is 0 Å². The predicted octanol–water partition coefficient (Wildman–Crippen LogP) is -0.133. The van der Waals surface area contributed by atoms with E-state index in [0.717, 1.165) is 0 Å². The zero-order valence-corrected chi connectivity index (χ0v) is 6.43. The van der Waals surface area contributed by atoms with E-state index in [9.17, 15) is 12.3 Å². The van der Waals surface area contributed by atoms with Crippen molar-refractivity contribution >= 4 is 10.2 Å². The summed E-state index contributed by atoms with van der Waals surface area (Å²) in [4.78, 5) is 0. The maximum absolute atomic E-state index is 11.6. The molecule has 0 atom stereocenters. The van der Waals surface area contributed by atoms with Crippen LogP contribution in [0.25, 0.3) is 0 Å². The zero-order chi connectivity index (χ0) is 8.74. The summed E-state index contributed by atoms with van der Waals surface area (Å²) in [6.07, 6.45) is 4.77. The van der Waals surface area contributed by atoms with Crippen molar-refractivity contribution in [2.45, 2.75) is 0 Å². The molecular formula is C5H7FO4S. The van der Waals surface area contributed by atoms with Gasteiger partial charge in [0.2, 0.25) is 0 Å². The minimum atomic E-state index is -4.57. The molecule has 0 saturated carbocycles. The number of halogens is 1. The van der Waals surface area contributed by atoms with Gasteiger partial charge in [-0.1, -0.05) is 5.92 Å². The Labute approximate surface area is 64.5 Å². The summed E-state index contributed by atoms with van der Waals surface area (Å²) in [5.74, 6) is 1.12. The van der Waals surface area contributed by atoms with Crippen LogP contribution in [-0.2, 0) is 19.7 Å². The van der Waals surface area contributed by atoms with Crippen LogP contribution in [0.15, 0.2) is 0 Å². The molecule has 6 heteroatoms. The minimum Gasteiger partial charge on any atom is -0.343 e. The van der Waals surface area contributed by atoms with Crippen molar-refractivity contribution in [2.24, 2.45) is 0 Å². The fourth-order valence-corrected chi connectivity index (χ4v) is 0.560. The SMILES string of the molecule is C#CCOCOCS(=O)(=O)F. The summed E-state index contributed by atoms with van der Waals surface area (Å²) in [7, 11) is -4.57. The maximum atomic E-state index is 11.6. The first-order valence-corrected chi connectivity index (χ1v) is 4.13. The second-order valence-electron chi connectivity index (χ2n) is 1.53. The third kappa shape index (κ3) is 9.36. The van der Waals surface area contributed by atoms with Crippen LogP contribution < -0.4 is 0 Å². The molecule has 64 valence electrons. The van der Waals surface area contributed by atoms with Gasteiger partial charge in [-0.25, -0.2) is 0 Å². The van der Waals surface area contributed by atoms with Gasteiger partial charge in [-0.05, 0) is 0 Å². The van der Waals surface area contributed by atoms with Crippen molar-refractivity contribution in [3.63, 3.8) is 0 Å². The van der Waals surface area contributed by atoms with Gasteiger partial charge in [0.15, 0.2) is 5.94 Å². The van der Waals surface area contributed by atoms with Gasteiger partial charge in [-0.2, -0.15) is 8.42 Å². The van der Waals surface area contributed by atoms with Crippen molar-refractivity contribution < 1.29 is 21.8 Å².